The Morgan fingerprint density at radius 2 is 2.05 bits per heavy atom. The zero-order chi connectivity index (χ0) is 14.7. The number of aliphatic carboxylic acids is 1. The summed E-state index contributed by atoms with van der Waals surface area (Å²) >= 11 is 9.42. The molecule has 0 aromatic heterocycles. The molecule has 2 N–H and O–H groups in total. The maximum Gasteiger partial charge on any atom is 0.330 e. The number of anilines is 1. The lowest BCUT2D eigenvalue weighted by Gasteiger charge is -2.17. The van der Waals surface area contributed by atoms with E-state index in [0.717, 1.165) is 15.7 Å². The SMILES string of the molecule is Cc1ccc(C(Nc2cccc(Br)c2)C(=O)O)cc1Cl. The van der Waals surface area contributed by atoms with Crippen molar-refractivity contribution >= 4 is 39.2 Å². The Labute approximate surface area is 130 Å². The number of benzene rings is 2. The van der Waals surface area contributed by atoms with Crippen molar-refractivity contribution in [3.05, 3.63) is 63.1 Å². The molecule has 5 heteroatoms. The van der Waals surface area contributed by atoms with Gasteiger partial charge in [-0.05, 0) is 42.3 Å². The molecule has 2 rings (SSSR count). The molecule has 1 atom stereocenters. The van der Waals surface area contributed by atoms with E-state index in [1.165, 1.54) is 0 Å². The van der Waals surface area contributed by atoms with Crippen molar-refractivity contribution in [2.45, 2.75) is 13.0 Å². The summed E-state index contributed by atoms with van der Waals surface area (Å²) in [6.45, 7) is 1.88. The molecule has 0 heterocycles. The third-order valence-corrected chi connectivity index (χ3v) is 3.81. The summed E-state index contributed by atoms with van der Waals surface area (Å²) in [7, 11) is 0. The summed E-state index contributed by atoms with van der Waals surface area (Å²) in [5, 5.41) is 13.0. The predicted octanol–water partition coefficient (Wildman–Crippen LogP) is 4.65. The number of carbonyl (C=O) groups is 1. The van der Waals surface area contributed by atoms with Gasteiger partial charge in [-0.15, -0.1) is 0 Å². The van der Waals surface area contributed by atoms with Gasteiger partial charge in [0.15, 0.2) is 6.04 Å². The Morgan fingerprint density at radius 1 is 1.30 bits per heavy atom. The van der Waals surface area contributed by atoms with Crippen molar-refractivity contribution in [1.29, 1.82) is 0 Å². The smallest absolute Gasteiger partial charge is 0.330 e. The molecule has 104 valence electrons. The van der Waals surface area contributed by atoms with E-state index >= 15 is 0 Å². The van der Waals surface area contributed by atoms with Crippen LogP contribution in [0.15, 0.2) is 46.9 Å². The molecule has 0 saturated carbocycles. The maximum absolute atomic E-state index is 11.5. The van der Waals surface area contributed by atoms with Crippen molar-refractivity contribution < 1.29 is 9.90 Å². The fourth-order valence-electron chi connectivity index (χ4n) is 1.82. The molecule has 3 nitrogen and oxygen atoms in total. The molecule has 0 amide bonds. The Hall–Kier alpha value is -1.52. The van der Waals surface area contributed by atoms with Crippen LogP contribution >= 0.6 is 27.5 Å². The number of rotatable bonds is 4. The second-order valence-electron chi connectivity index (χ2n) is 4.43. The second kappa shape index (κ2) is 6.29. The highest BCUT2D eigenvalue weighted by Crippen LogP contribution is 2.26. The van der Waals surface area contributed by atoms with Crippen molar-refractivity contribution in [1.82, 2.24) is 0 Å². The first-order chi connectivity index (χ1) is 9.47. The van der Waals surface area contributed by atoms with Crippen LogP contribution in [0.2, 0.25) is 5.02 Å². The molecule has 2 aromatic carbocycles. The van der Waals surface area contributed by atoms with Crippen LogP contribution in [0.5, 0.6) is 0 Å². The molecule has 0 saturated heterocycles. The van der Waals surface area contributed by atoms with Gasteiger partial charge in [0, 0.05) is 15.2 Å². The summed E-state index contributed by atoms with van der Waals surface area (Å²) in [6, 6.07) is 11.8. The van der Waals surface area contributed by atoms with E-state index in [1.807, 2.05) is 37.3 Å². The van der Waals surface area contributed by atoms with Crippen molar-refractivity contribution in [2.24, 2.45) is 0 Å². The summed E-state index contributed by atoms with van der Waals surface area (Å²) in [5.41, 5.74) is 2.26. The third-order valence-electron chi connectivity index (χ3n) is 2.91. The lowest BCUT2D eigenvalue weighted by Crippen LogP contribution is -2.20. The average molecular weight is 355 g/mol. The second-order valence-corrected chi connectivity index (χ2v) is 5.76. The highest BCUT2D eigenvalue weighted by atomic mass is 79.9. The van der Waals surface area contributed by atoms with E-state index in [0.29, 0.717) is 10.6 Å². The zero-order valence-electron chi connectivity index (χ0n) is 10.7. The van der Waals surface area contributed by atoms with Gasteiger partial charge < -0.3 is 10.4 Å². The molecule has 20 heavy (non-hydrogen) atoms. The Kier molecular flexibility index (Phi) is 4.68. The van der Waals surface area contributed by atoms with Crippen LogP contribution < -0.4 is 5.32 Å². The molecule has 0 aliphatic heterocycles. The highest BCUT2D eigenvalue weighted by molar-refractivity contribution is 9.10. The zero-order valence-corrected chi connectivity index (χ0v) is 13.1. The number of hydrogen-bond donors (Lipinski definition) is 2. The van der Waals surface area contributed by atoms with Crippen LogP contribution in [-0.4, -0.2) is 11.1 Å². The number of carboxylic acids is 1. The van der Waals surface area contributed by atoms with Crippen LogP contribution in [-0.2, 0) is 4.79 Å². The highest BCUT2D eigenvalue weighted by Gasteiger charge is 2.20. The van der Waals surface area contributed by atoms with Gasteiger partial charge in [-0.1, -0.05) is 45.7 Å². The van der Waals surface area contributed by atoms with E-state index in [-0.39, 0.29) is 0 Å². The normalized spacial score (nSPS) is 11.9. The summed E-state index contributed by atoms with van der Waals surface area (Å²) in [6.07, 6.45) is 0. The molecular formula is C15H13BrClNO2. The monoisotopic (exact) mass is 353 g/mol. The van der Waals surface area contributed by atoms with Gasteiger partial charge in [0.05, 0.1) is 0 Å². The largest absolute Gasteiger partial charge is 0.479 e. The van der Waals surface area contributed by atoms with Crippen LogP contribution in [0.3, 0.4) is 0 Å². The maximum atomic E-state index is 11.5. The number of hydrogen-bond acceptors (Lipinski definition) is 2. The quantitative estimate of drug-likeness (QED) is 0.840. The van der Waals surface area contributed by atoms with Gasteiger partial charge in [0.2, 0.25) is 0 Å². The number of carboxylic acid groups (broad SMARTS) is 1. The van der Waals surface area contributed by atoms with Crippen molar-refractivity contribution in [3.63, 3.8) is 0 Å². The van der Waals surface area contributed by atoms with E-state index in [2.05, 4.69) is 21.2 Å². The van der Waals surface area contributed by atoms with E-state index < -0.39 is 12.0 Å². The molecule has 1 unspecified atom stereocenters. The van der Waals surface area contributed by atoms with Crippen LogP contribution in [0.1, 0.15) is 17.2 Å². The van der Waals surface area contributed by atoms with E-state index in [9.17, 15) is 9.90 Å². The predicted molar refractivity (Wildman–Crippen MR) is 84.3 cm³/mol. The van der Waals surface area contributed by atoms with Gasteiger partial charge in [-0.3, -0.25) is 0 Å². The number of aryl methyl sites for hydroxylation is 1. The Balaban J connectivity index is 2.32. The minimum absolute atomic E-state index is 0.560. The molecule has 2 aromatic rings. The Morgan fingerprint density at radius 3 is 2.65 bits per heavy atom. The van der Waals surface area contributed by atoms with Crippen molar-refractivity contribution in [2.75, 3.05) is 5.32 Å². The number of halogens is 2. The standard InChI is InChI=1S/C15H13BrClNO2/c1-9-5-6-10(7-13(9)17)14(15(19)20)18-12-4-2-3-11(16)8-12/h2-8,14,18H,1H3,(H,19,20). The topological polar surface area (TPSA) is 49.3 Å². The van der Waals surface area contributed by atoms with Gasteiger partial charge in [-0.2, -0.15) is 0 Å². The van der Waals surface area contributed by atoms with Gasteiger partial charge in [0.1, 0.15) is 0 Å². The average Bonchev–Trinajstić information content (AvgIpc) is 2.39. The van der Waals surface area contributed by atoms with Crippen LogP contribution in [0.4, 0.5) is 5.69 Å². The van der Waals surface area contributed by atoms with E-state index in [1.54, 1.807) is 12.1 Å². The van der Waals surface area contributed by atoms with Crippen LogP contribution in [0.25, 0.3) is 0 Å². The van der Waals surface area contributed by atoms with E-state index in [4.69, 9.17) is 11.6 Å². The minimum atomic E-state index is -0.954. The number of nitrogens with one attached hydrogen (secondary N) is 1. The summed E-state index contributed by atoms with van der Waals surface area (Å²) in [5.74, 6) is -0.954. The lowest BCUT2D eigenvalue weighted by atomic mass is 10.0. The fraction of sp³-hybridized carbons (Fsp3) is 0.133. The summed E-state index contributed by atoms with van der Waals surface area (Å²) < 4.78 is 0.883. The molecule has 0 spiro atoms. The van der Waals surface area contributed by atoms with Gasteiger partial charge in [-0.25, -0.2) is 4.79 Å². The molecule has 0 fully saturated rings. The molecule has 0 radical (unpaired) electrons. The summed E-state index contributed by atoms with van der Waals surface area (Å²) in [4.78, 5) is 11.5. The lowest BCUT2D eigenvalue weighted by molar-refractivity contribution is -0.138. The fourth-order valence-corrected chi connectivity index (χ4v) is 2.41. The molecule has 0 aliphatic rings. The van der Waals surface area contributed by atoms with Crippen molar-refractivity contribution in [3.8, 4) is 0 Å². The van der Waals surface area contributed by atoms with Crippen LogP contribution in [0, 0.1) is 6.92 Å². The molecule has 0 bridgehead atoms. The first kappa shape index (κ1) is 14.9. The Bertz CT molecular complexity index is 646. The first-order valence-corrected chi connectivity index (χ1v) is 7.15. The molecule has 0 aliphatic carbocycles. The third kappa shape index (κ3) is 3.52. The van der Waals surface area contributed by atoms with Gasteiger partial charge >= 0.3 is 5.97 Å². The first-order valence-electron chi connectivity index (χ1n) is 5.98. The minimum Gasteiger partial charge on any atom is -0.479 e. The van der Waals surface area contributed by atoms with Gasteiger partial charge in [0.25, 0.3) is 0 Å². The molecular weight excluding hydrogens is 342 g/mol.